The SMILES string of the molecule is O=c1[nH]c(=O)n(CCc2ccccc2[N+](=O)[O-])cc1Br. The Bertz CT molecular complexity index is 766. The van der Waals surface area contributed by atoms with Crippen molar-refractivity contribution in [2.24, 2.45) is 0 Å². The van der Waals surface area contributed by atoms with Crippen LogP contribution in [-0.4, -0.2) is 14.5 Å². The third-order valence-corrected chi connectivity index (χ3v) is 3.34. The largest absolute Gasteiger partial charge is 0.328 e. The number of aromatic nitrogens is 2. The molecule has 8 heteroatoms. The third-order valence-electron chi connectivity index (χ3n) is 2.78. The Morgan fingerprint density at radius 2 is 2.00 bits per heavy atom. The van der Waals surface area contributed by atoms with Gasteiger partial charge >= 0.3 is 5.69 Å². The number of hydrogen-bond acceptors (Lipinski definition) is 4. The molecule has 0 bridgehead atoms. The van der Waals surface area contributed by atoms with Crippen LogP contribution in [0, 0.1) is 10.1 Å². The number of nitrogens with zero attached hydrogens (tertiary/aromatic N) is 2. The Kier molecular flexibility index (Phi) is 4.14. The molecule has 0 fully saturated rings. The lowest BCUT2D eigenvalue weighted by atomic mass is 10.1. The van der Waals surface area contributed by atoms with Gasteiger partial charge in [-0.25, -0.2) is 4.79 Å². The van der Waals surface area contributed by atoms with E-state index in [0.29, 0.717) is 12.0 Å². The van der Waals surface area contributed by atoms with Crippen molar-refractivity contribution in [1.82, 2.24) is 9.55 Å². The summed E-state index contributed by atoms with van der Waals surface area (Å²) in [6.07, 6.45) is 1.69. The number of halogens is 1. The zero-order chi connectivity index (χ0) is 14.7. The molecule has 2 aromatic rings. The number of nitrogens with one attached hydrogen (secondary N) is 1. The smallest absolute Gasteiger partial charge is 0.299 e. The highest BCUT2D eigenvalue weighted by Gasteiger charge is 2.12. The molecule has 0 unspecified atom stereocenters. The van der Waals surface area contributed by atoms with Crippen molar-refractivity contribution in [3.63, 3.8) is 0 Å². The first-order valence-corrected chi connectivity index (χ1v) is 6.50. The van der Waals surface area contributed by atoms with E-state index in [4.69, 9.17) is 0 Å². The van der Waals surface area contributed by atoms with E-state index in [2.05, 4.69) is 20.9 Å². The molecule has 0 saturated heterocycles. The van der Waals surface area contributed by atoms with Crippen LogP contribution >= 0.6 is 15.9 Å². The van der Waals surface area contributed by atoms with Crippen molar-refractivity contribution < 1.29 is 4.92 Å². The molecule has 0 aliphatic rings. The molecule has 1 aromatic carbocycles. The van der Waals surface area contributed by atoms with Gasteiger partial charge < -0.3 is 0 Å². The number of benzene rings is 1. The van der Waals surface area contributed by atoms with E-state index in [0.717, 1.165) is 0 Å². The number of rotatable bonds is 4. The molecule has 0 atom stereocenters. The van der Waals surface area contributed by atoms with Gasteiger partial charge in [-0.15, -0.1) is 0 Å². The standard InChI is InChI=1S/C12H10BrN3O4/c13-9-7-15(12(18)14-11(9)17)6-5-8-3-1-2-4-10(8)16(19)20/h1-4,7H,5-6H2,(H,14,17,18). The van der Waals surface area contributed by atoms with Crippen molar-refractivity contribution in [3.05, 3.63) is 71.5 Å². The van der Waals surface area contributed by atoms with Gasteiger partial charge in [0.25, 0.3) is 11.2 Å². The first-order valence-electron chi connectivity index (χ1n) is 5.70. The maximum Gasteiger partial charge on any atom is 0.328 e. The van der Waals surface area contributed by atoms with Gasteiger partial charge in [-0.1, -0.05) is 18.2 Å². The molecule has 20 heavy (non-hydrogen) atoms. The summed E-state index contributed by atoms with van der Waals surface area (Å²) in [5.41, 5.74) is -0.496. The summed E-state index contributed by atoms with van der Waals surface area (Å²) in [5.74, 6) is 0. The fourth-order valence-corrected chi connectivity index (χ4v) is 2.14. The summed E-state index contributed by atoms with van der Waals surface area (Å²) >= 11 is 3.03. The summed E-state index contributed by atoms with van der Waals surface area (Å²) in [4.78, 5) is 35.4. The molecule has 0 aliphatic carbocycles. The van der Waals surface area contributed by atoms with E-state index in [1.54, 1.807) is 18.2 Å². The van der Waals surface area contributed by atoms with Crippen molar-refractivity contribution in [3.8, 4) is 0 Å². The fourth-order valence-electron chi connectivity index (χ4n) is 1.79. The molecular weight excluding hydrogens is 330 g/mol. The second-order valence-electron chi connectivity index (χ2n) is 4.07. The number of hydrogen-bond donors (Lipinski definition) is 1. The number of aromatic amines is 1. The van der Waals surface area contributed by atoms with Crippen LogP contribution in [-0.2, 0) is 13.0 Å². The van der Waals surface area contributed by atoms with E-state index >= 15 is 0 Å². The lowest BCUT2D eigenvalue weighted by Crippen LogP contribution is -2.30. The minimum Gasteiger partial charge on any atom is -0.299 e. The summed E-state index contributed by atoms with van der Waals surface area (Å²) in [5, 5.41) is 10.9. The van der Waals surface area contributed by atoms with Gasteiger partial charge in [-0.05, 0) is 22.4 Å². The van der Waals surface area contributed by atoms with Crippen LogP contribution in [0.3, 0.4) is 0 Å². The summed E-state index contributed by atoms with van der Waals surface area (Å²) < 4.78 is 1.53. The van der Waals surface area contributed by atoms with Crippen LogP contribution in [0.5, 0.6) is 0 Å². The maximum absolute atomic E-state index is 11.6. The minimum atomic E-state index is -0.545. The quantitative estimate of drug-likeness (QED) is 0.673. The maximum atomic E-state index is 11.6. The highest BCUT2D eigenvalue weighted by molar-refractivity contribution is 9.10. The lowest BCUT2D eigenvalue weighted by Gasteiger charge is -2.06. The average Bonchev–Trinajstić information content (AvgIpc) is 2.41. The molecule has 2 rings (SSSR count). The van der Waals surface area contributed by atoms with Gasteiger partial charge in [-0.3, -0.25) is 24.5 Å². The third kappa shape index (κ3) is 3.02. The topological polar surface area (TPSA) is 98.0 Å². The van der Waals surface area contributed by atoms with E-state index in [1.807, 2.05) is 0 Å². The second-order valence-corrected chi connectivity index (χ2v) is 4.92. The Balaban J connectivity index is 2.26. The van der Waals surface area contributed by atoms with Crippen LogP contribution < -0.4 is 11.2 Å². The first-order chi connectivity index (χ1) is 9.49. The van der Waals surface area contributed by atoms with Crippen molar-refractivity contribution in [2.45, 2.75) is 13.0 Å². The molecule has 7 nitrogen and oxygen atoms in total. The van der Waals surface area contributed by atoms with E-state index < -0.39 is 16.2 Å². The first kappa shape index (κ1) is 14.2. The van der Waals surface area contributed by atoms with Gasteiger partial charge in [-0.2, -0.15) is 0 Å². The van der Waals surface area contributed by atoms with Crippen LogP contribution in [0.4, 0.5) is 5.69 Å². The summed E-state index contributed by atoms with van der Waals surface area (Å²) in [6.45, 7) is 0.235. The van der Waals surface area contributed by atoms with Crippen LogP contribution in [0.2, 0.25) is 0 Å². The molecule has 1 aromatic heterocycles. The summed E-state index contributed by atoms with van der Waals surface area (Å²) in [6, 6.07) is 6.35. The molecule has 1 heterocycles. The summed E-state index contributed by atoms with van der Waals surface area (Å²) in [7, 11) is 0. The predicted molar refractivity (Wildman–Crippen MR) is 75.8 cm³/mol. The molecule has 0 aliphatic heterocycles. The van der Waals surface area contributed by atoms with Crippen LogP contribution in [0.15, 0.2) is 44.5 Å². The Labute approximate surface area is 121 Å². The molecule has 0 saturated carbocycles. The second kappa shape index (κ2) is 5.83. The molecular formula is C12H10BrN3O4. The molecule has 0 amide bonds. The molecule has 0 spiro atoms. The number of nitro groups is 1. The van der Waals surface area contributed by atoms with E-state index in [-0.39, 0.29) is 16.7 Å². The number of aryl methyl sites for hydroxylation is 2. The molecule has 104 valence electrons. The lowest BCUT2D eigenvalue weighted by molar-refractivity contribution is -0.385. The monoisotopic (exact) mass is 339 g/mol. The van der Waals surface area contributed by atoms with Crippen LogP contribution in [0.1, 0.15) is 5.56 Å². The van der Waals surface area contributed by atoms with Gasteiger partial charge in [0.1, 0.15) is 0 Å². The number of nitro benzene ring substituents is 1. The highest BCUT2D eigenvalue weighted by atomic mass is 79.9. The van der Waals surface area contributed by atoms with Gasteiger partial charge in [0.15, 0.2) is 0 Å². The zero-order valence-corrected chi connectivity index (χ0v) is 11.8. The van der Waals surface area contributed by atoms with Crippen molar-refractivity contribution in [1.29, 1.82) is 0 Å². The van der Waals surface area contributed by atoms with Crippen molar-refractivity contribution in [2.75, 3.05) is 0 Å². The van der Waals surface area contributed by atoms with Gasteiger partial charge in [0.2, 0.25) is 0 Å². The fraction of sp³-hybridized carbons (Fsp3) is 0.167. The van der Waals surface area contributed by atoms with Gasteiger partial charge in [0, 0.05) is 24.4 Å². The number of H-pyrrole nitrogens is 1. The van der Waals surface area contributed by atoms with Crippen molar-refractivity contribution >= 4 is 21.6 Å². The Hall–Kier alpha value is -2.22. The molecule has 1 N–H and O–H groups in total. The van der Waals surface area contributed by atoms with E-state index in [9.17, 15) is 19.7 Å². The Morgan fingerprint density at radius 1 is 1.30 bits per heavy atom. The predicted octanol–water partition coefficient (Wildman–Crippen LogP) is 1.45. The van der Waals surface area contributed by atoms with E-state index in [1.165, 1.54) is 16.8 Å². The van der Waals surface area contributed by atoms with Gasteiger partial charge in [0.05, 0.1) is 9.40 Å². The Morgan fingerprint density at radius 3 is 2.70 bits per heavy atom. The molecule has 0 radical (unpaired) electrons. The average molecular weight is 340 g/mol. The highest BCUT2D eigenvalue weighted by Crippen LogP contribution is 2.18. The zero-order valence-electron chi connectivity index (χ0n) is 10.2. The number of para-hydroxylation sites is 1. The normalized spacial score (nSPS) is 10.4. The minimum absolute atomic E-state index is 0.0176. The van der Waals surface area contributed by atoms with Crippen LogP contribution in [0.25, 0.3) is 0 Å².